The Morgan fingerprint density at radius 3 is 2.71 bits per heavy atom. The number of rotatable bonds is 3. The zero-order valence-electron chi connectivity index (χ0n) is 12.5. The van der Waals surface area contributed by atoms with E-state index in [0.717, 1.165) is 22.8 Å². The Morgan fingerprint density at radius 1 is 1.12 bits per heavy atom. The van der Waals surface area contributed by atoms with E-state index in [1.807, 2.05) is 36.4 Å². The summed E-state index contributed by atoms with van der Waals surface area (Å²) < 4.78 is 5.38. The van der Waals surface area contributed by atoms with Crippen molar-refractivity contribution in [3.63, 3.8) is 0 Å². The first-order valence-corrected chi connectivity index (χ1v) is 7.86. The number of nitrogens with zero attached hydrogens (tertiary/aromatic N) is 6. The number of nitrogens with one attached hydrogen (secondary N) is 1. The number of aryl methyl sites for hydroxylation is 1. The topological polar surface area (TPSA) is 98.0 Å². The molecule has 0 aliphatic carbocycles. The van der Waals surface area contributed by atoms with Gasteiger partial charge in [-0.15, -0.1) is 15.3 Å². The Labute approximate surface area is 140 Å². The molecule has 1 aromatic carbocycles. The number of carbonyl (C=O) groups excluding carboxylic acids is 1. The average Bonchev–Trinajstić information content (AvgIpc) is 3.23. The van der Waals surface area contributed by atoms with Crippen molar-refractivity contribution in [2.75, 3.05) is 5.32 Å². The minimum atomic E-state index is -0.209. The van der Waals surface area contributed by atoms with Crippen molar-refractivity contribution in [2.45, 2.75) is 6.92 Å². The third kappa shape index (κ3) is 2.61. The molecule has 0 saturated carbocycles. The van der Waals surface area contributed by atoms with Gasteiger partial charge >= 0.3 is 0 Å². The van der Waals surface area contributed by atoms with Crippen molar-refractivity contribution in [1.82, 2.24) is 29.4 Å². The molecule has 0 atom stereocenters. The Kier molecular flexibility index (Phi) is 3.47. The molecule has 1 N–H and O–H groups in total. The van der Waals surface area contributed by atoms with E-state index in [2.05, 4.69) is 30.2 Å². The Morgan fingerprint density at radius 2 is 1.96 bits per heavy atom. The maximum atomic E-state index is 12.2. The Hall–Kier alpha value is -3.20. The molecule has 3 aromatic heterocycles. The fourth-order valence-corrected chi connectivity index (χ4v) is 2.79. The van der Waals surface area contributed by atoms with Gasteiger partial charge in [0.15, 0.2) is 5.65 Å². The summed E-state index contributed by atoms with van der Waals surface area (Å²) in [5.74, 6) is -0.209. The molecule has 3 heterocycles. The quantitative estimate of drug-likeness (QED) is 0.615. The zero-order valence-corrected chi connectivity index (χ0v) is 13.4. The van der Waals surface area contributed by atoms with Gasteiger partial charge in [-0.3, -0.25) is 4.79 Å². The summed E-state index contributed by atoms with van der Waals surface area (Å²) in [4.78, 5) is 12.7. The predicted octanol–water partition coefficient (Wildman–Crippen LogP) is 2.20. The summed E-state index contributed by atoms with van der Waals surface area (Å²) in [6.45, 7) is 1.76. The molecule has 0 bridgehead atoms. The normalized spacial score (nSPS) is 10.9. The first-order valence-electron chi connectivity index (χ1n) is 7.08. The van der Waals surface area contributed by atoms with Crippen LogP contribution < -0.4 is 5.32 Å². The monoisotopic (exact) mass is 337 g/mol. The van der Waals surface area contributed by atoms with Gasteiger partial charge in [0.25, 0.3) is 5.91 Å². The van der Waals surface area contributed by atoms with Crippen molar-refractivity contribution in [3.05, 3.63) is 53.3 Å². The average molecular weight is 337 g/mol. The minimum absolute atomic E-state index is 0.209. The van der Waals surface area contributed by atoms with Crippen molar-refractivity contribution in [2.24, 2.45) is 0 Å². The second kappa shape index (κ2) is 5.78. The molecule has 4 rings (SSSR count). The summed E-state index contributed by atoms with van der Waals surface area (Å²) in [5.41, 5.74) is 3.74. The van der Waals surface area contributed by atoms with Gasteiger partial charge in [-0.25, -0.2) is 0 Å². The molecule has 0 fully saturated rings. The highest BCUT2D eigenvalue weighted by Gasteiger charge is 2.13. The van der Waals surface area contributed by atoms with Crippen LogP contribution in [-0.2, 0) is 0 Å². The first-order chi connectivity index (χ1) is 11.7. The van der Waals surface area contributed by atoms with Gasteiger partial charge in [0, 0.05) is 11.3 Å². The highest BCUT2D eigenvalue weighted by molar-refractivity contribution is 7.08. The highest BCUT2D eigenvalue weighted by atomic mass is 32.1. The van der Waals surface area contributed by atoms with Crippen LogP contribution >= 0.6 is 11.5 Å². The Balaban J connectivity index is 1.56. The standard InChI is InChI=1S/C15H11N7OS/c1-9-14(24-21-18-9)15(23)17-11-4-2-10(3-5-11)12-6-7-13-19-16-8-22(13)20-12/h2-8H,1H3,(H,17,23). The first kappa shape index (κ1) is 14.4. The van der Waals surface area contributed by atoms with Crippen LogP contribution in [0.2, 0.25) is 0 Å². The summed E-state index contributed by atoms with van der Waals surface area (Å²) in [6.07, 6.45) is 1.55. The predicted molar refractivity (Wildman–Crippen MR) is 88.8 cm³/mol. The van der Waals surface area contributed by atoms with Crippen molar-refractivity contribution >= 4 is 28.8 Å². The van der Waals surface area contributed by atoms with Crippen LogP contribution in [0, 0.1) is 6.92 Å². The SMILES string of the molecule is Cc1nnsc1C(=O)Nc1ccc(-c2ccc3nncn3n2)cc1. The lowest BCUT2D eigenvalue weighted by Gasteiger charge is -2.06. The summed E-state index contributed by atoms with van der Waals surface area (Å²) in [6, 6.07) is 11.2. The van der Waals surface area contributed by atoms with E-state index in [0.29, 0.717) is 21.9 Å². The van der Waals surface area contributed by atoms with Crippen LogP contribution in [0.15, 0.2) is 42.7 Å². The summed E-state index contributed by atoms with van der Waals surface area (Å²) >= 11 is 1.08. The molecule has 0 saturated heterocycles. The van der Waals surface area contributed by atoms with Gasteiger partial charge in [0.1, 0.15) is 11.2 Å². The lowest BCUT2D eigenvalue weighted by molar-refractivity contribution is 0.103. The van der Waals surface area contributed by atoms with Crippen LogP contribution in [-0.4, -0.2) is 35.3 Å². The summed E-state index contributed by atoms with van der Waals surface area (Å²) in [7, 11) is 0. The molecule has 8 nitrogen and oxygen atoms in total. The van der Waals surface area contributed by atoms with Gasteiger partial charge in [0.05, 0.1) is 11.4 Å². The van der Waals surface area contributed by atoms with Gasteiger partial charge in [-0.1, -0.05) is 16.6 Å². The molecule has 0 spiro atoms. The number of hydrogen-bond donors (Lipinski definition) is 1. The van der Waals surface area contributed by atoms with E-state index in [4.69, 9.17) is 0 Å². The zero-order chi connectivity index (χ0) is 16.5. The minimum Gasteiger partial charge on any atom is -0.321 e. The van der Waals surface area contributed by atoms with Gasteiger partial charge < -0.3 is 5.32 Å². The number of carbonyl (C=O) groups is 1. The number of hydrogen-bond acceptors (Lipinski definition) is 7. The van der Waals surface area contributed by atoms with Crippen molar-refractivity contribution < 1.29 is 4.79 Å². The van der Waals surface area contributed by atoms with Crippen LogP contribution in [0.1, 0.15) is 15.4 Å². The Bertz CT molecular complexity index is 1020. The molecular formula is C15H11N7OS. The fourth-order valence-electron chi connectivity index (χ4n) is 2.23. The van der Waals surface area contributed by atoms with E-state index < -0.39 is 0 Å². The second-order valence-electron chi connectivity index (χ2n) is 5.07. The maximum Gasteiger partial charge on any atom is 0.269 e. The summed E-state index contributed by atoms with van der Waals surface area (Å²) in [5, 5.41) is 18.8. The van der Waals surface area contributed by atoms with E-state index >= 15 is 0 Å². The van der Waals surface area contributed by atoms with Crippen molar-refractivity contribution in [1.29, 1.82) is 0 Å². The number of fused-ring (bicyclic) bond motifs is 1. The van der Waals surface area contributed by atoms with Gasteiger partial charge in [-0.05, 0) is 42.7 Å². The van der Waals surface area contributed by atoms with Gasteiger partial charge in [-0.2, -0.15) is 9.61 Å². The van der Waals surface area contributed by atoms with E-state index in [1.165, 1.54) is 0 Å². The molecule has 118 valence electrons. The molecule has 0 unspecified atom stereocenters. The third-order valence-corrected chi connectivity index (χ3v) is 4.28. The van der Waals surface area contributed by atoms with Crippen LogP contribution in [0.5, 0.6) is 0 Å². The molecular weight excluding hydrogens is 326 g/mol. The van der Waals surface area contributed by atoms with Crippen LogP contribution in [0.25, 0.3) is 16.9 Å². The highest BCUT2D eigenvalue weighted by Crippen LogP contribution is 2.20. The second-order valence-corrected chi connectivity index (χ2v) is 5.83. The largest absolute Gasteiger partial charge is 0.321 e. The van der Waals surface area contributed by atoms with E-state index in [-0.39, 0.29) is 5.91 Å². The molecule has 4 aromatic rings. The smallest absolute Gasteiger partial charge is 0.269 e. The van der Waals surface area contributed by atoms with Crippen molar-refractivity contribution in [3.8, 4) is 11.3 Å². The van der Waals surface area contributed by atoms with Gasteiger partial charge in [0.2, 0.25) is 0 Å². The molecule has 1 amide bonds. The number of amides is 1. The molecule has 24 heavy (non-hydrogen) atoms. The molecule has 0 radical (unpaired) electrons. The number of anilines is 1. The molecule has 9 heteroatoms. The van der Waals surface area contributed by atoms with E-state index in [9.17, 15) is 4.79 Å². The fraction of sp³-hybridized carbons (Fsp3) is 0.0667. The molecule has 0 aliphatic rings. The lowest BCUT2D eigenvalue weighted by Crippen LogP contribution is -2.11. The molecule has 0 aliphatic heterocycles. The van der Waals surface area contributed by atoms with Crippen LogP contribution in [0.4, 0.5) is 5.69 Å². The number of aromatic nitrogens is 6. The lowest BCUT2D eigenvalue weighted by atomic mass is 10.1. The third-order valence-electron chi connectivity index (χ3n) is 3.46. The van der Waals surface area contributed by atoms with Crippen LogP contribution in [0.3, 0.4) is 0 Å². The maximum absolute atomic E-state index is 12.2. The van der Waals surface area contributed by atoms with E-state index in [1.54, 1.807) is 17.8 Å². The number of benzene rings is 1.